The Kier molecular flexibility index (Phi) is 4.16. The van der Waals surface area contributed by atoms with Gasteiger partial charge in [0.2, 0.25) is 0 Å². The van der Waals surface area contributed by atoms with Gasteiger partial charge >= 0.3 is 0 Å². The second-order valence-electron chi connectivity index (χ2n) is 3.83. The number of nitro groups is 1. The van der Waals surface area contributed by atoms with E-state index < -0.39 is 4.92 Å². The molecule has 6 nitrogen and oxygen atoms in total. The molecule has 19 heavy (non-hydrogen) atoms. The number of rotatable bonds is 5. The highest BCUT2D eigenvalue weighted by Crippen LogP contribution is 2.29. The Morgan fingerprint density at radius 2 is 2.32 bits per heavy atom. The number of non-ortho nitro benzene ring substituents is 1. The molecule has 0 N–H and O–H groups in total. The first kappa shape index (κ1) is 13.5. The Bertz CT molecular complexity index is 598. The van der Waals surface area contributed by atoms with E-state index in [1.165, 1.54) is 12.1 Å². The van der Waals surface area contributed by atoms with Gasteiger partial charge in [0.1, 0.15) is 12.4 Å². The molecule has 2 aromatic rings. The van der Waals surface area contributed by atoms with Crippen LogP contribution in [-0.2, 0) is 13.2 Å². The number of benzene rings is 1. The van der Waals surface area contributed by atoms with Crippen molar-refractivity contribution in [2.75, 3.05) is 0 Å². The highest BCUT2D eigenvalue weighted by atomic mass is 79.9. The predicted octanol–water partition coefficient (Wildman–Crippen LogP) is 3.15. The summed E-state index contributed by atoms with van der Waals surface area (Å²) in [5.41, 5.74) is 0.920. The zero-order chi connectivity index (χ0) is 13.8. The first-order valence-electron chi connectivity index (χ1n) is 5.67. The quantitative estimate of drug-likeness (QED) is 0.625. The van der Waals surface area contributed by atoms with Crippen LogP contribution >= 0.6 is 15.9 Å². The van der Waals surface area contributed by atoms with Gasteiger partial charge in [-0.2, -0.15) is 0 Å². The van der Waals surface area contributed by atoms with Crippen LogP contribution in [0.15, 0.2) is 35.2 Å². The fraction of sp³-hybridized carbons (Fsp3) is 0.250. The molecule has 0 saturated heterocycles. The van der Waals surface area contributed by atoms with E-state index in [-0.39, 0.29) is 5.69 Å². The van der Waals surface area contributed by atoms with Gasteiger partial charge in [-0.1, -0.05) is 0 Å². The highest BCUT2D eigenvalue weighted by Gasteiger charge is 2.11. The number of nitro benzene ring substituents is 1. The molecule has 0 aliphatic carbocycles. The van der Waals surface area contributed by atoms with E-state index in [1.54, 1.807) is 18.6 Å². The number of nitrogens with zero attached hydrogens (tertiary/aromatic N) is 3. The second-order valence-corrected chi connectivity index (χ2v) is 4.69. The topological polar surface area (TPSA) is 70.2 Å². The standard InChI is InChI=1S/C12H12BrN3O3/c1-2-15-8-14-6-10(15)7-19-12-5-9(16(17)18)3-4-11(12)13/h3-6,8H,2,7H2,1H3. The van der Waals surface area contributed by atoms with E-state index >= 15 is 0 Å². The van der Waals surface area contributed by atoms with Crippen molar-refractivity contribution in [3.8, 4) is 5.75 Å². The molecule has 1 aromatic heterocycles. The third-order valence-corrected chi connectivity index (χ3v) is 3.30. The van der Waals surface area contributed by atoms with Crippen molar-refractivity contribution in [3.05, 3.63) is 51.0 Å². The molecule has 100 valence electrons. The summed E-state index contributed by atoms with van der Waals surface area (Å²) >= 11 is 3.31. The molecule has 0 aliphatic heterocycles. The predicted molar refractivity (Wildman–Crippen MR) is 73.0 cm³/mol. The van der Waals surface area contributed by atoms with Gasteiger partial charge in [-0.3, -0.25) is 10.1 Å². The first-order valence-corrected chi connectivity index (χ1v) is 6.47. The van der Waals surface area contributed by atoms with Crippen molar-refractivity contribution in [2.45, 2.75) is 20.1 Å². The Hall–Kier alpha value is -1.89. The van der Waals surface area contributed by atoms with Gasteiger partial charge in [-0.15, -0.1) is 0 Å². The van der Waals surface area contributed by atoms with Crippen molar-refractivity contribution < 1.29 is 9.66 Å². The summed E-state index contributed by atoms with van der Waals surface area (Å²) in [6.07, 6.45) is 3.44. The van der Waals surface area contributed by atoms with E-state index in [4.69, 9.17) is 4.74 Å². The SMILES string of the molecule is CCn1cncc1COc1cc([N+](=O)[O-])ccc1Br. The molecular weight excluding hydrogens is 314 g/mol. The Balaban J connectivity index is 2.15. The molecule has 0 spiro atoms. The van der Waals surface area contributed by atoms with Crippen molar-refractivity contribution in [3.63, 3.8) is 0 Å². The number of aromatic nitrogens is 2. The number of hydrogen-bond acceptors (Lipinski definition) is 4. The van der Waals surface area contributed by atoms with Crippen molar-refractivity contribution >= 4 is 21.6 Å². The number of halogens is 1. The summed E-state index contributed by atoms with van der Waals surface area (Å²) in [5, 5.41) is 10.7. The third kappa shape index (κ3) is 3.11. The summed E-state index contributed by atoms with van der Waals surface area (Å²) in [4.78, 5) is 14.3. The fourth-order valence-corrected chi connectivity index (χ4v) is 1.98. The van der Waals surface area contributed by atoms with Gasteiger partial charge < -0.3 is 9.30 Å². The smallest absolute Gasteiger partial charge is 0.273 e. The molecule has 0 fully saturated rings. The molecule has 0 unspecified atom stereocenters. The van der Waals surface area contributed by atoms with Gasteiger partial charge in [0, 0.05) is 12.6 Å². The van der Waals surface area contributed by atoms with E-state index in [9.17, 15) is 10.1 Å². The van der Waals surface area contributed by atoms with Gasteiger partial charge in [0.15, 0.2) is 0 Å². The highest BCUT2D eigenvalue weighted by molar-refractivity contribution is 9.10. The lowest BCUT2D eigenvalue weighted by atomic mass is 10.3. The van der Waals surface area contributed by atoms with Crippen LogP contribution in [0, 0.1) is 10.1 Å². The van der Waals surface area contributed by atoms with Crippen LogP contribution in [-0.4, -0.2) is 14.5 Å². The fourth-order valence-electron chi connectivity index (χ4n) is 1.62. The number of aryl methyl sites for hydroxylation is 1. The maximum atomic E-state index is 10.7. The summed E-state index contributed by atoms with van der Waals surface area (Å²) in [6, 6.07) is 4.43. The summed E-state index contributed by atoms with van der Waals surface area (Å²) in [6.45, 7) is 3.12. The molecule has 0 saturated carbocycles. The molecule has 1 heterocycles. The first-order chi connectivity index (χ1) is 9.11. The number of ether oxygens (including phenoxy) is 1. The molecule has 2 rings (SSSR count). The summed E-state index contributed by atoms with van der Waals surface area (Å²) < 4.78 is 8.23. The lowest BCUT2D eigenvalue weighted by Crippen LogP contribution is -2.04. The Morgan fingerprint density at radius 3 is 3.00 bits per heavy atom. The van der Waals surface area contributed by atoms with Gasteiger partial charge in [0.05, 0.1) is 33.7 Å². The van der Waals surface area contributed by atoms with E-state index in [1.807, 2.05) is 11.5 Å². The molecular formula is C12H12BrN3O3. The van der Waals surface area contributed by atoms with Crippen molar-refractivity contribution in [1.82, 2.24) is 9.55 Å². The van der Waals surface area contributed by atoms with Gasteiger partial charge in [0.25, 0.3) is 5.69 Å². The minimum atomic E-state index is -0.449. The average molecular weight is 326 g/mol. The van der Waals surface area contributed by atoms with Crippen LogP contribution in [0.5, 0.6) is 5.75 Å². The normalized spacial score (nSPS) is 10.4. The minimum absolute atomic E-state index is 0.00204. The minimum Gasteiger partial charge on any atom is -0.486 e. The Morgan fingerprint density at radius 1 is 1.53 bits per heavy atom. The molecule has 0 bridgehead atoms. The average Bonchev–Trinajstić information content (AvgIpc) is 2.85. The second kappa shape index (κ2) is 5.83. The monoisotopic (exact) mass is 325 g/mol. The van der Waals surface area contributed by atoms with Gasteiger partial charge in [-0.25, -0.2) is 4.98 Å². The van der Waals surface area contributed by atoms with Crippen molar-refractivity contribution in [1.29, 1.82) is 0 Å². The molecule has 1 aromatic carbocycles. The molecule has 7 heteroatoms. The number of imidazole rings is 1. The lowest BCUT2D eigenvalue weighted by molar-refractivity contribution is -0.385. The van der Waals surface area contributed by atoms with Crippen LogP contribution in [0.25, 0.3) is 0 Å². The largest absolute Gasteiger partial charge is 0.486 e. The zero-order valence-corrected chi connectivity index (χ0v) is 11.8. The zero-order valence-electron chi connectivity index (χ0n) is 10.2. The molecule has 0 aliphatic rings. The number of hydrogen-bond donors (Lipinski definition) is 0. The Labute approximate surface area is 118 Å². The van der Waals surface area contributed by atoms with Crippen molar-refractivity contribution in [2.24, 2.45) is 0 Å². The molecule has 0 atom stereocenters. The lowest BCUT2D eigenvalue weighted by Gasteiger charge is -2.09. The molecule has 0 radical (unpaired) electrons. The summed E-state index contributed by atoms with van der Waals surface area (Å²) in [5.74, 6) is 0.443. The summed E-state index contributed by atoms with van der Waals surface area (Å²) in [7, 11) is 0. The van der Waals surface area contributed by atoms with E-state index in [0.29, 0.717) is 16.8 Å². The van der Waals surface area contributed by atoms with Gasteiger partial charge in [-0.05, 0) is 28.9 Å². The van der Waals surface area contributed by atoms with Crippen LogP contribution < -0.4 is 4.74 Å². The maximum absolute atomic E-state index is 10.7. The molecule has 0 amide bonds. The maximum Gasteiger partial charge on any atom is 0.273 e. The van der Waals surface area contributed by atoms with Crippen LogP contribution in [0.4, 0.5) is 5.69 Å². The van der Waals surface area contributed by atoms with Crippen LogP contribution in [0.1, 0.15) is 12.6 Å². The van der Waals surface area contributed by atoms with E-state index in [2.05, 4.69) is 20.9 Å². The third-order valence-electron chi connectivity index (χ3n) is 2.64. The van der Waals surface area contributed by atoms with E-state index in [0.717, 1.165) is 12.2 Å². The van der Waals surface area contributed by atoms with Crippen LogP contribution in [0.2, 0.25) is 0 Å². The van der Waals surface area contributed by atoms with Crippen LogP contribution in [0.3, 0.4) is 0 Å².